The lowest BCUT2D eigenvalue weighted by Crippen LogP contribution is -2.35. The van der Waals surface area contributed by atoms with Crippen molar-refractivity contribution in [1.29, 1.82) is 0 Å². The summed E-state index contributed by atoms with van der Waals surface area (Å²) in [4.78, 5) is 25.4. The van der Waals surface area contributed by atoms with Gasteiger partial charge in [0.2, 0.25) is 5.91 Å². The smallest absolute Gasteiger partial charge is 0.257 e. The molecule has 24 heavy (non-hydrogen) atoms. The van der Waals surface area contributed by atoms with Crippen molar-refractivity contribution in [3.63, 3.8) is 0 Å². The van der Waals surface area contributed by atoms with E-state index < -0.39 is 17.6 Å². The second-order valence-electron chi connectivity index (χ2n) is 5.06. The topological polar surface area (TPSA) is 49.4 Å². The molecule has 0 bridgehead atoms. The monoisotopic (exact) mass is 344 g/mol. The Bertz CT molecular complexity index is 830. The maximum absolute atomic E-state index is 13.7. The zero-order valence-corrected chi connectivity index (χ0v) is 13.6. The number of nitrogens with zero attached hydrogens (tertiary/aromatic N) is 1. The van der Waals surface area contributed by atoms with Gasteiger partial charge in [0.15, 0.2) is 0 Å². The van der Waals surface area contributed by atoms with E-state index in [-0.39, 0.29) is 17.1 Å². The predicted molar refractivity (Wildman–Crippen MR) is 91.4 cm³/mol. The second kappa shape index (κ2) is 7.62. The first kappa shape index (κ1) is 17.5. The molecule has 0 aliphatic heterocycles. The van der Waals surface area contributed by atoms with Gasteiger partial charge in [0.1, 0.15) is 5.82 Å². The highest BCUT2D eigenvalue weighted by Crippen LogP contribution is 2.16. The third-order valence-corrected chi connectivity index (χ3v) is 3.43. The molecule has 6 heteroatoms. The normalized spacial score (nSPS) is 9.92. The van der Waals surface area contributed by atoms with Crippen LogP contribution in [0.25, 0.3) is 0 Å². The van der Waals surface area contributed by atoms with Gasteiger partial charge in [0.05, 0.1) is 12.1 Å². The Balaban J connectivity index is 2.04. The lowest BCUT2D eigenvalue weighted by atomic mass is 10.2. The van der Waals surface area contributed by atoms with E-state index in [2.05, 4.69) is 11.2 Å². The van der Waals surface area contributed by atoms with Gasteiger partial charge in [-0.05, 0) is 36.4 Å². The lowest BCUT2D eigenvalue weighted by Gasteiger charge is -2.17. The minimum atomic E-state index is -0.696. The van der Waals surface area contributed by atoms with Gasteiger partial charge in [-0.1, -0.05) is 23.6 Å². The molecular formula is C18H14ClFN2O2. The molecule has 0 spiro atoms. The van der Waals surface area contributed by atoms with Gasteiger partial charge in [-0.25, -0.2) is 4.39 Å². The number of terminal acetylenes is 1. The van der Waals surface area contributed by atoms with Gasteiger partial charge < -0.3 is 10.2 Å². The Kier molecular flexibility index (Phi) is 5.56. The molecule has 0 fully saturated rings. The number of hydrogen-bond acceptors (Lipinski definition) is 2. The van der Waals surface area contributed by atoms with Crippen LogP contribution in [0, 0.1) is 18.2 Å². The molecule has 2 rings (SSSR count). The Morgan fingerprint density at radius 2 is 2.04 bits per heavy atom. The van der Waals surface area contributed by atoms with Gasteiger partial charge in [-0.15, -0.1) is 6.42 Å². The fourth-order valence-corrected chi connectivity index (χ4v) is 2.21. The maximum atomic E-state index is 13.7. The van der Waals surface area contributed by atoms with Crippen LogP contribution in [-0.2, 0) is 4.79 Å². The number of hydrogen-bond donors (Lipinski definition) is 1. The van der Waals surface area contributed by atoms with Gasteiger partial charge in [0.25, 0.3) is 5.91 Å². The van der Waals surface area contributed by atoms with Crippen molar-refractivity contribution in [2.75, 3.05) is 18.9 Å². The third kappa shape index (κ3) is 4.34. The molecule has 0 heterocycles. The van der Waals surface area contributed by atoms with Crippen molar-refractivity contribution in [3.8, 4) is 12.3 Å². The first-order valence-corrected chi connectivity index (χ1v) is 7.35. The molecule has 2 amide bonds. The molecule has 0 aromatic heterocycles. The Labute approximate surface area is 144 Å². The number of rotatable bonds is 4. The average molecular weight is 345 g/mol. The predicted octanol–water partition coefficient (Wildman–Crippen LogP) is 3.17. The zero-order chi connectivity index (χ0) is 17.7. The van der Waals surface area contributed by atoms with Crippen LogP contribution < -0.4 is 5.32 Å². The number of nitrogens with one attached hydrogen (secondary N) is 1. The first-order chi connectivity index (χ1) is 11.4. The van der Waals surface area contributed by atoms with Crippen LogP contribution in [-0.4, -0.2) is 30.3 Å². The minimum absolute atomic E-state index is 0.188. The Morgan fingerprint density at radius 3 is 2.75 bits per heavy atom. The molecule has 0 aliphatic rings. The molecule has 0 atom stereocenters. The number of amides is 2. The number of benzene rings is 2. The van der Waals surface area contributed by atoms with Crippen LogP contribution in [0.1, 0.15) is 15.9 Å². The minimum Gasteiger partial charge on any atom is -0.332 e. The molecule has 122 valence electrons. The van der Waals surface area contributed by atoms with Gasteiger partial charge in [0, 0.05) is 23.3 Å². The summed E-state index contributed by atoms with van der Waals surface area (Å²) in [6, 6.07) is 10.4. The van der Waals surface area contributed by atoms with Crippen molar-refractivity contribution in [2.24, 2.45) is 0 Å². The standard InChI is InChI=1S/C18H14ClFN2O2/c1-3-12-5-4-6-14(9-12)21-17(23)11-22(2)18(24)15-10-13(19)7-8-16(15)20/h1,4-10H,11H2,2H3,(H,21,23). The number of carbonyl (C=O) groups excluding carboxylic acids is 2. The van der Waals surface area contributed by atoms with Crippen molar-refractivity contribution >= 4 is 29.1 Å². The molecule has 0 aliphatic carbocycles. The molecule has 0 saturated carbocycles. The summed E-state index contributed by atoms with van der Waals surface area (Å²) in [5.74, 6) is 0.702. The van der Waals surface area contributed by atoms with E-state index in [1.54, 1.807) is 24.3 Å². The number of likely N-dealkylation sites (N-methyl/N-ethyl adjacent to an activating group) is 1. The van der Waals surface area contributed by atoms with E-state index >= 15 is 0 Å². The van der Waals surface area contributed by atoms with Crippen molar-refractivity contribution in [2.45, 2.75) is 0 Å². The zero-order valence-electron chi connectivity index (χ0n) is 12.8. The summed E-state index contributed by atoms with van der Waals surface area (Å²) in [6.07, 6.45) is 5.30. The van der Waals surface area contributed by atoms with E-state index in [1.807, 2.05) is 0 Å². The Morgan fingerprint density at radius 1 is 1.29 bits per heavy atom. The van der Waals surface area contributed by atoms with Crippen LogP contribution in [0.3, 0.4) is 0 Å². The van der Waals surface area contributed by atoms with Gasteiger partial charge in [-0.2, -0.15) is 0 Å². The molecule has 4 nitrogen and oxygen atoms in total. The summed E-state index contributed by atoms with van der Waals surface area (Å²) < 4.78 is 13.7. The van der Waals surface area contributed by atoms with Crippen LogP contribution in [0.15, 0.2) is 42.5 Å². The van der Waals surface area contributed by atoms with E-state index in [4.69, 9.17) is 18.0 Å². The summed E-state index contributed by atoms with van der Waals surface area (Å²) >= 11 is 5.77. The maximum Gasteiger partial charge on any atom is 0.257 e. The molecular weight excluding hydrogens is 331 g/mol. The van der Waals surface area contributed by atoms with Crippen LogP contribution >= 0.6 is 11.6 Å². The fourth-order valence-electron chi connectivity index (χ4n) is 2.04. The van der Waals surface area contributed by atoms with E-state index in [1.165, 1.54) is 19.2 Å². The van der Waals surface area contributed by atoms with Crippen LogP contribution in [0.5, 0.6) is 0 Å². The van der Waals surface area contributed by atoms with E-state index in [0.717, 1.165) is 11.0 Å². The first-order valence-electron chi connectivity index (χ1n) is 6.97. The van der Waals surface area contributed by atoms with E-state index in [9.17, 15) is 14.0 Å². The highest BCUT2D eigenvalue weighted by molar-refractivity contribution is 6.31. The van der Waals surface area contributed by atoms with Crippen LogP contribution in [0.4, 0.5) is 10.1 Å². The molecule has 1 N–H and O–H groups in total. The lowest BCUT2D eigenvalue weighted by molar-refractivity contribution is -0.116. The molecule has 2 aromatic carbocycles. The molecule has 0 unspecified atom stereocenters. The van der Waals surface area contributed by atoms with Crippen molar-refractivity contribution < 1.29 is 14.0 Å². The summed E-state index contributed by atoms with van der Waals surface area (Å²) in [7, 11) is 1.40. The molecule has 2 aromatic rings. The Hall–Kier alpha value is -2.84. The highest BCUT2D eigenvalue weighted by atomic mass is 35.5. The fraction of sp³-hybridized carbons (Fsp3) is 0.111. The van der Waals surface area contributed by atoms with Crippen molar-refractivity contribution in [1.82, 2.24) is 4.90 Å². The van der Waals surface area contributed by atoms with Gasteiger partial charge >= 0.3 is 0 Å². The number of anilines is 1. The summed E-state index contributed by atoms with van der Waals surface area (Å²) in [5, 5.41) is 2.87. The highest BCUT2D eigenvalue weighted by Gasteiger charge is 2.19. The quantitative estimate of drug-likeness (QED) is 0.866. The largest absolute Gasteiger partial charge is 0.332 e. The summed E-state index contributed by atoms with van der Waals surface area (Å²) in [6.45, 7) is -0.245. The van der Waals surface area contributed by atoms with Crippen molar-refractivity contribution in [3.05, 3.63) is 64.4 Å². The molecule has 0 saturated heterocycles. The SMILES string of the molecule is C#Cc1cccc(NC(=O)CN(C)C(=O)c2cc(Cl)ccc2F)c1. The summed E-state index contributed by atoms with van der Waals surface area (Å²) in [5.41, 5.74) is 0.954. The van der Waals surface area contributed by atoms with E-state index in [0.29, 0.717) is 11.3 Å². The molecule has 0 radical (unpaired) electrons. The third-order valence-electron chi connectivity index (χ3n) is 3.20. The second-order valence-corrected chi connectivity index (χ2v) is 5.50. The van der Waals surface area contributed by atoms with Gasteiger partial charge in [-0.3, -0.25) is 9.59 Å². The average Bonchev–Trinajstić information content (AvgIpc) is 2.56. The number of halogens is 2. The number of carbonyl (C=O) groups is 2. The van der Waals surface area contributed by atoms with Crippen LogP contribution in [0.2, 0.25) is 5.02 Å².